The highest BCUT2D eigenvalue weighted by atomic mass is 16.5. The topological polar surface area (TPSA) is 45.7 Å². The van der Waals surface area contributed by atoms with Gasteiger partial charge in [-0.25, -0.2) is 0 Å². The number of hydrogen-bond donors (Lipinski definition) is 2. The molecule has 0 unspecified atom stereocenters. The van der Waals surface area contributed by atoms with E-state index in [1.807, 2.05) is 19.1 Å². The quantitative estimate of drug-likeness (QED) is 0.601. The Balaban J connectivity index is 1.90. The number of benzene rings is 1. The van der Waals surface area contributed by atoms with Crippen LogP contribution in [0.15, 0.2) is 29.3 Å². The molecule has 0 saturated heterocycles. The molecule has 1 aliphatic rings. The van der Waals surface area contributed by atoms with Crippen LogP contribution in [0.4, 0.5) is 0 Å². The molecule has 22 heavy (non-hydrogen) atoms. The van der Waals surface area contributed by atoms with E-state index in [4.69, 9.17) is 9.73 Å². The zero-order valence-electron chi connectivity index (χ0n) is 13.9. The lowest BCUT2D eigenvalue weighted by Gasteiger charge is -2.16. The molecular formula is C18H29N3O. The summed E-state index contributed by atoms with van der Waals surface area (Å²) in [7, 11) is 0. The summed E-state index contributed by atoms with van der Waals surface area (Å²) in [5.74, 6) is 1.93. The van der Waals surface area contributed by atoms with Crippen LogP contribution in [-0.4, -0.2) is 31.7 Å². The van der Waals surface area contributed by atoms with Crippen molar-refractivity contribution >= 4 is 5.96 Å². The van der Waals surface area contributed by atoms with Crippen LogP contribution in [0.2, 0.25) is 0 Å². The van der Waals surface area contributed by atoms with Crippen LogP contribution < -0.4 is 15.4 Å². The average molecular weight is 303 g/mol. The van der Waals surface area contributed by atoms with Gasteiger partial charge in [0.05, 0.1) is 6.61 Å². The van der Waals surface area contributed by atoms with E-state index < -0.39 is 0 Å². The van der Waals surface area contributed by atoms with Crippen molar-refractivity contribution in [2.45, 2.75) is 52.0 Å². The highest BCUT2D eigenvalue weighted by Crippen LogP contribution is 2.19. The second kappa shape index (κ2) is 9.34. The highest BCUT2D eigenvalue weighted by molar-refractivity contribution is 5.80. The number of guanidine groups is 1. The van der Waals surface area contributed by atoms with Gasteiger partial charge in [0.15, 0.2) is 5.96 Å². The Kier molecular flexibility index (Phi) is 7.07. The molecule has 122 valence electrons. The maximum absolute atomic E-state index is 5.67. The summed E-state index contributed by atoms with van der Waals surface area (Å²) >= 11 is 0. The molecule has 0 atom stereocenters. The first-order chi connectivity index (χ1) is 10.8. The van der Waals surface area contributed by atoms with Crippen molar-refractivity contribution in [2.24, 2.45) is 4.99 Å². The maximum atomic E-state index is 5.67. The van der Waals surface area contributed by atoms with Crippen LogP contribution in [-0.2, 0) is 6.42 Å². The number of aliphatic imine (C=N–C) groups is 1. The minimum absolute atomic E-state index is 0.591. The summed E-state index contributed by atoms with van der Waals surface area (Å²) in [6.07, 6.45) is 6.09. The second-order valence-corrected chi connectivity index (χ2v) is 5.68. The molecule has 0 amide bonds. The molecule has 1 aromatic rings. The van der Waals surface area contributed by atoms with Crippen LogP contribution in [0.25, 0.3) is 0 Å². The third-order valence-electron chi connectivity index (χ3n) is 3.96. The van der Waals surface area contributed by atoms with Crippen LogP contribution in [0.3, 0.4) is 0 Å². The fraction of sp³-hybridized carbons (Fsp3) is 0.611. The molecule has 0 aliphatic heterocycles. The van der Waals surface area contributed by atoms with Crippen LogP contribution in [0.1, 0.15) is 45.1 Å². The second-order valence-electron chi connectivity index (χ2n) is 5.68. The Morgan fingerprint density at radius 3 is 2.73 bits per heavy atom. The van der Waals surface area contributed by atoms with Crippen molar-refractivity contribution in [3.63, 3.8) is 0 Å². The van der Waals surface area contributed by atoms with E-state index in [1.54, 1.807) is 0 Å². The molecule has 2 N–H and O–H groups in total. The SMILES string of the molecule is CCNC(=NCCc1ccccc1OCC)NC1CCCC1. The third kappa shape index (κ3) is 5.24. The molecule has 1 saturated carbocycles. The largest absolute Gasteiger partial charge is 0.494 e. The van der Waals surface area contributed by atoms with E-state index in [1.165, 1.54) is 31.2 Å². The molecule has 0 spiro atoms. The lowest BCUT2D eigenvalue weighted by molar-refractivity contribution is 0.336. The van der Waals surface area contributed by atoms with Crippen molar-refractivity contribution in [1.82, 2.24) is 10.6 Å². The summed E-state index contributed by atoms with van der Waals surface area (Å²) in [6, 6.07) is 8.82. The molecular weight excluding hydrogens is 274 g/mol. The van der Waals surface area contributed by atoms with Gasteiger partial charge in [0.2, 0.25) is 0 Å². The van der Waals surface area contributed by atoms with E-state index in [0.29, 0.717) is 12.6 Å². The van der Waals surface area contributed by atoms with Gasteiger partial charge in [-0.15, -0.1) is 0 Å². The van der Waals surface area contributed by atoms with Crippen molar-refractivity contribution in [3.8, 4) is 5.75 Å². The molecule has 0 heterocycles. The van der Waals surface area contributed by atoms with Gasteiger partial charge in [0.25, 0.3) is 0 Å². The van der Waals surface area contributed by atoms with Gasteiger partial charge in [-0.3, -0.25) is 4.99 Å². The Labute approximate surface area is 134 Å². The predicted octanol–water partition coefficient (Wildman–Crippen LogP) is 3.13. The molecule has 4 heteroatoms. The normalized spacial score (nSPS) is 15.8. The number of hydrogen-bond acceptors (Lipinski definition) is 2. The number of ether oxygens (including phenoxy) is 1. The van der Waals surface area contributed by atoms with Gasteiger partial charge in [-0.1, -0.05) is 31.0 Å². The van der Waals surface area contributed by atoms with Crippen molar-refractivity contribution in [1.29, 1.82) is 0 Å². The molecule has 0 radical (unpaired) electrons. The molecule has 1 aromatic carbocycles. The van der Waals surface area contributed by atoms with Gasteiger partial charge in [-0.05, 0) is 44.7 Å². The maximum Gasteiger partial charge on any atom is 0.191 e. The minimum Gasteiger partial charge on any atom is -0.494 e. The van der Waals surface area contributed by atoms with Gasteiger partial charge in [0.1, 0.15) is 5.75 Å². The fourth-order valence-electron chi connectivity index (χ4n) is 2.88. The fourth-order valence-corrected chi connectivity index (χ4v) is 2.88. The average Bonchev–Trinajstić information content (AvgIpc) is 3.02. The van der Waals surface area contributed by atoms with Crippen LogP contribution in [0.5, 0.6) is 5.75 Å². The van der Waals surface area contributed by atoms with Crippen molar-refractivity contribution in [2.75, 3.05) is 19.7 Å². The van der Waals surface area contributed by atoms with Crippen LogP contribution in [0, 0.1) is 0 Å². The molecule has 4 nitrogen and oxygen atoms in total. The summed E-state index contributed by atoms with van der Waals surface area (Å²) in [4.78, 5) is 4.71. The van der Waals surface area contributed by atoms with Crippen molar-refractivity contribution < 1.29 is 4.74 Å². The first-order valence-electron chi connectivity index (χ1n) is 8.59. The van der Waals surface area contributed by atoms with Gasteiger partial charge >= 0.3 is 0 Å². The van der Waals surface area contributed by atoms with Crippen molar-refractivity contribution in [3.05, 3.63) is 29.8 Å². The number of nitrogens with one attached hydrogen (secondary N) is 2. The zero-order valence-corrected chi connectivity index (χ0v) is 13.9. The summed E-state index contributed by atoms with van der Waals surface area (Å²) in [5.41, 5.74) is 1.23. The van der Waals surface area contributed by atoms with Gasteiger partial charge < -0.3 is 15.4 Å². The smallest absolute Gasteiger partial charge is 0.191 e. The lowest BCUT2D eigenvalue weighted by Crippen LogP contribution is -2.42. The molecule has 1 aliphatic carbocycles. The Hall–Kier alpha value is -1.71. The standard InChI is InChI=1S/C18H29N3O/c1-3-19-18(21-16-10-6-7-11-16)20-14-13-15-9-5-8-12-17(15)22-4-2/h5,8-9,12,16H,3-4,6-7,10-11,13-14H2,1-2H3,(H2,19,20,21). The molecule has 1 fully saturated rings. The predicted molar refractivity (Wildman–Crippen MR) is 92.7 cm³/mol. The van der Waals surface area contributed by atoms with Crippen LogP contribution >= 0.6 is 0 Å². The Bertz CT molecular complexity index is 467. The number of rotatable bonds is 7. The molecule has 2 rings (SSSR count). The van der Waals surface area contributed by atoms with Gasteiger partial charge in [-0.2, -0.15) is 0 Å². The summed E-state index contributed by atoms with van der Waals surface area (Å²) in [5, 5.41) is 6.89. The van der Waals surface area contributed by atoms with E-state index in [9.17, 15) is 0 Å². The van der Waals surface area contributed by atoms with E-state index in [2.05, 4.69) is 29.7 Å². The van der Waals surface area contributed by atoms with E-state index in [0.717, 1.165) is 31.2 Å². The molecule has 0 aromatic heterocycles. The zero-order chi connectivity index (χ0) is 15.6. The lowest BCUT2D eigenvalue weighted by atomic mass is 10.1. The monoisotopic (exact) mass is 303 g/mol. The first-order valence-corrected chi connectivity index (χ1v) is 8.59. The number of nitrogens with zero attached hydrogens (tertiary/aromatic N) is 1. The highest BCUT2D eigenvalue weighted by Gasteiger charge is 2.15. The summed E-state index contributed by atoms with van der Waals surface area (Å²) in [6.45, 7) is 6.49. The first kappa shape index (κ1) is 16.7. The Morgan fingerprint density at radius 1 is 1.23 bits per heavy atom. The van der Waals surface area contributed by atoms with E-state index in [-0.39, 0.29) is 0 Å². The minimum atomic E-state index is 0.591. The Morgan fingerprint density at radius 2 is 2.00 bits per heavy atom. The van der Waals surface area contributed by atoms with Gasteiger partial charge in [0, 0.05) is 19.1 Å². The summed E-state index contributed by atoms with van der Waals surface area (Å²) < 4.78 is 5.67. The number of para-hydroxylation sites is 1. The van der Waals surface area contributed by atoms with E-state index >= 15 is 0 Å². The third-order valence-corrected chi connectivity index (χ3v) is 3.96. The molecule has 0 bridgehead atoms.